The van der Waals surface area contributed by atoms with Crippen molar-refractivity contribution in [1.29, 1.82) is 0 Å². The Morgan fingerprint density at radius 1 is 0.273 bits per heavy atom. The van der Waals surface area contributed by atoms with Crippen LogP contribution in [-0.2, 0) is 0 Å². The molecule has 0 saturated carbocycles. The third-order valence-corrected chi connectivity index (χ3v) is 11.3. The van der Waals surface area contributed by atoms with Gasteiger partial charge in [0.1, 0.15) is 0 Å². The van der Waals surface area contributed by atoms with Crippen LogP contribution in [0.5, 0.6) is 0 Å². The Balaban J connectivity index is 1.23. The van der Waals surface area contributed by atoms with E-state index in [0.29, 0.717) is 0 Å². The molecular weight excluding hydrogens is 569 g/mol. The fraction of sp³-hybridized carbons (Fsp3) is 0. The zero-order chi connectivity index (χ0) is 29.0. The molecule has 0 fully saturated rings. The second-order valence-electron chi connectivity index (χ2n) is 11.3. The quantitative estimate of drug-likeness (QED) is 0.187. The molecule has 0 atom stereocenters. The summed E-state index contributed by atoms with van der Waals surface area (Å²) in [5.41, 5.74) is 7.56. The van der Waals surface area contributed by atoms with Crippen LogP contribution in [0.3, 0.4) is 0 Å². The van der Waals surface area contributed by atoms with E-state index in [2.05, 4.69) is 158 Å². The molecule has 0 N–H and O–H groups in total. The summed E-state index contributed by atoms with van der Waals surface area (Å²) in [4.78, 5) is 5.33. The lowest BCUT2D eigenvalue weighted by Crippen LogP contribution is -1.94. The van der Waals surface area contributed by atoms with E-state index in [4.69, 9.17) is 0 Å². The van der Waals surface area contributed by atoms with E-state index in [1.165, 1.54) is 85.3 Å². The maximum atomic E-state index is 2.41. The van der Waals surface area contributed by atoms with E-state index in [-0.39, 0.29) is 0 Å². The number of benzene rings is 8. The molecule has 0 bridgehead atoms. The highest BCUT2D eigenvalue weighted by atomic mass is 32.2. The Morgan fingerprint density at radius 2 is 0.795 bits per heavy atom. The van der Waals surface area contributed by atoms with E-state index in [0.717, 1.165) is 0 Å². The van der Waals surface area contributed by atoms with Crippen LogP contribution in [0.15, 0.2) is 177 Å². The number of fused-ring (bicyclic) bond motifs is 8. The molecule has 0 saturated heterocycles. The van der Waals surface area contributed by atoms with Crippen LogP contribution in [0.4, 0.5) is 0 Å². The van der Waals surface area contributed by atoms with Crippen LogP contribution in [0.1, 0.15) is 0 Å². The van der Waals surface area contributed by atoms with E-state index in [1.807, 2.05) is 23.5 Å². The number of rotatable bonds is 3. The van der Waals surface area contributed by atoms with Gasteiger partial charge in [-0.05, 0) is 96.0 Å². The van der Waals surface area contributed by atoms with Crippen molar-refractivity contribution < 1.29 is 0 Å². The predicted molar refractivity (Wildman–Crippen MR) is 190 cm³/mol. The van der Waals surface area contributed by atoms with Crippen molar-refractivity contribution in [3.8, 4) is 33.4 Å². The summed E-state index contributed by atoms with van der Waals surface area (Å²) in [7, 11) is 0. The van der Waals surface area contributed by atoms with Gasteiger partial charge in [-0.15, -0.1) is 0 Å². The molecule has 2 heteroatoms. The second kappa shape index (κ2) is 10.4. The summed E-state index contributed by atoms with van der Waals surface area (Å²) >= 11 is 3.77. The summed E-state index contributed by atoms with van der Waals surface area (Å²) < 4.78 is 0. The van der Waals surface area contributed by atoms with E-state index < -0.39 is 0 Å². The van der Waals surface area contributed by atoms with Crippen molar-refractivity contribution in [3.63, 3.8) is 0 Å². The van der Waals surface area contributed by atoms with Gasteiger partial charge < -0.3 is 0 Å². The van der Waals surface area contributed by atoms with Gasteiger partial charge >= 0.3 is 0 Å². The molecule has 0 unspecified atom stereocenters. The van der Waals surface area contributed by atoms with Crippen LogP contribution in [-0.4, -0.2) is 0 Å². The maximum absolute atomic E-state index is 2.41. The first kappa shape index (κ1) is 25.7. The molecule has 0 aromatic heterocycles. The van der Waals surface area contributed by atoms with Crippen LogP contribution < -0.4 is 0 Å². The summed E-state index contributed by atoms with van der Waals surface area (Å²) in [5, 5.41) is 7.76. The van der Waals surface area contributed by atoms with E-state index >= 15 is 0 Å². The molecule has 0 aliphatic carbocycles. The minimum atomic E-state index is 1.24. The molecule has 0 nitrogen and oxygen atoms in total. The van der Waals surface area contributed by atoms with Gasteiger partial charge in [0, 0.05) is 19.6 Å². The highest BCUT2D eigenvalue weighted by Crippen LogP contribution is 2.52. The smallest absolute Gasteiger partial charge is 0.0341 e. The Labute approximate surface area is 265 Å². The van der Waals surface area contributed by atoms with Crippen molar-refractivity contribution in [3.05, 3.63) is 158 Å². The largest absolute Gasteiger partial charge is 0.0877 e. The topological polar surface area (TPSA) is 0 Å². The normalized spacial score (nSPS) is 12.4. The molecule has 8 aromatic rings. The molecule has 206 valence electrons. The predicted octanol–water partition coefficient (Wildman–Crippen LogP) is 12.8. The summed E-state index contributed by atoms with van der Waals surface area (Å²) in [5.74, 6) is 0. The summed E-state index contributed by atoms with van der Waals surface area (Å²) in [6.45, 7) is 0. The van der Waals surface area contributed by atoms with Gasteiger partial charge in [0.05, 0.1) is 0 Å². The molecule has 0 amide bonds. The third-order valence-electron chi connectivity index (χ3n) is 8.73. The Bertz CT molecular complexity index is 2370. The average Bonchev–Trinajstić information content (AvgIpc) is 3.10. The maximum Gasteiger partial charge on any atom is 0.0341 e. The number of hydrogen-bond acceptors (Lipinski definition) is 2. The van der Waals surface area contributed by atoms with Gasteiger partial charge in [0.25, 0.3) is 0 Å². The molecular formula is C42H26S2. The highest BCUT2D eigenvalue weighted by Gasteiger charge is 2.21. The lowest BCUT2D eigenvalue weighted by Gasteiger charge is -2.22. The third kappa shape index (κ3) is 4.17. The zero-order valence-electron chi connectivity index (χ0n) is 23.8. The monoisotopic (exact) mass is 594 g/mol. The van der Waals surface area contributed by atoms with Gasteiger partial charge in [0.2, 0.25) is 0 Å². The SMILES string of the molecule is c1ccc(-c2ccc3c4ccc(-c5ccccc5-c5cccc6c5Sc5ccccc5S6)cc4c4ccccc4c3c2)cc1. The van der Waals surface area contributed by atoms with E-state index in [9.17, 15) is 0 Å². The summed E-state index contributed by atoms with van der Waals surface area (Å²) in [6, 6.07) is 57.9. The number of hydrogen-bond donors (Lipinski definition) is 0. The lowest BCUT2D eigenvalue weighted by atomic mass is 9.89. The fourth-order valence-corrected chi connectivity index (χ4v) is 9.06. The van der Waals surface area contributed by atoms with Crippen LogP contribution >= 0.6 is 23.5 Å². The van der Waals surface area contributed by atoms with Gasteiger partial charge in [-0.3, -0.25) is 0 Å². The van der Waals surface area contributed by atoms with Crippen LogP contribution in [0, 0.1) is 0 Å². The molecule has 44 heavy (non-hydrogen) atoms. The molecule has 0 spiro atoms. The van der Waals surface area contributed by atoms with Crippen molar-refractivity contribution in [2.75, 3.05) is 0 Å². The highest BCUT2D eigenvalue weighted by molar-refractivity contribution is 8.05. The van der Waals surface area contributed by atoms with Crippen molar-refractivity contribution >= 4 is 55.8 Å². The fourth-order valence-electron chi connectivity index (χ4n) is 6.66. The standard InChI is InChI=1S/C42H26S2/c1-2-11-27(12-3-1)28-21-23-34-35-24-22-29(26-38(35)33-16-7-6-15-32(33)37(34)25-28)30-13-4-5-14-31(30)36-17-10-20-41-42(36)44-40-19-9-8-18-39(40)43-41/h1-26H. The molecule has 1 aliphatic heterocycles. The van der Waals surface area contributed by atoms with Gasteiger partial charge in [-0.25, -0.2) is 0 Å². The molecule has 1 aliphatic rings. The van der Waals surface area contributed by atoms with Crippen molar-refractivity contribution in [1.82, 2.24) is 0 Å². The molecule has 8 aromatic carbocycles. The first-order valence-corrected chi connectivity index (χ1v) is 16.6. The average molecular weight is 595 g/mol. The van der Waals surface area contributed by atoms with Gasteiger partial charge in [0.15, 0.2) is 0 Å². The first-order chi connectivity index (χ1) is 21.8. The second-order valence-corrected chi connectivity index (χ2v) is 13.4. The molecule has 0 radical (unpaired) electrons. The van der Waals surface area contributed by atoms with Gasteiger partial charge in [-0.1, -0.05) is 151 Å². The molecule has 9 rings (SSSR count). The van der Waals surface area contributed by atoms with Crippen molar-refractivity contribution in [2.24, 2.45) is 0 Å². The van der Waals surface area contributed by atoms with E-state index in [1.54, 1.807) is 0 Å². The minimum absolute atomic E-state index is 1.24. The Kier molecular flexibility index (Phi) is 6.11. The summed E-state index contributed by atoms with van der Waals surface area (Å²) in [6.07, 6.45) is 0. The van der Waals surface area contributed by atoms with Crippen LogP contribution in [0.25, 0.3) is 65.7 Å². The Hall–Kier alpha value is -4.76. The van der Waals surface area contributed by atoms with Gasteiger partial charge in [-0.2, -0.15) is 0 Å². The first-order valence-electron chi connectivity index (χ1n) is 14.9. The van der Waals surface area contributed by atoms with Crippen molar-refractivity contribution in [2.45, 2.75) is 19.6 Å². The lowest BCUT2D eigenvalue weighted by molar-refractivity contribution is 1.16. The zero-order valence-corrected chi connectivity index (χ0v) is 25.5. The van der Waals surface area contributed by atoms with Crippen LogP contribution in [0.2, 0.25) is 0 Å². The Morgan fingerprint density at radius 3 is 1.55 bits per heavy atom. The molecule has 1 heterocycles. The minimum Gasteiger partial charge on any atom is -0.0877 e.